The first kappa shape index (κ1) is 20.6. The van der Waals surface area contributed by atoms with Gasteiger partial charge in [-0.3, -0.25) is 9.89 Å². The molecule has 1 aliphatic carbocycles. The Hall–Kier alpha value is -2.67. The fourth-order valence-corrected chi connectivity index (χ4v) is 4.53. The molecule has 156 valence electrons. The number of aromatic amines is 1. The summed E-state index contributed by atoms with van der Waals surface area (Å²) in [4.78, 5) is 19.6. The number of amides is 1. The van der Waals surface area contributed by atoms with Crippen LogP contribution in [0, 0.1) is 5.82 Å². The molecule has 0 unspecified atom stereocenters. The molecule has 3 aromatic rings. The summed E-state index contributed by atoms with van der Waals surface area (Å²) in [6.07, 6.45) is 5.56. The Bertz CT molecular complexity index is 955. The van der Waals surface area contributed by atoms with Crippen molar-refractivity contribution in [3.05, 3.63) is 66.0 Å². The maximum absolute atomic E-state index is 13.3. The largest absolute Gasteiger partial charge is 0.335 e. The Balaban J connectivity index is 1.42. The Morgan fingerprint density at radius 2 is 1.80 bits per heavy atom. The summed E-state index contributed by atoms with van der Waals surface area (Å²) in [6, 6.07) is 16.4. The second kappa shape index (κ2) is 9.89. The van der Waals surface area contributed by atoms with Gasteiger partial charge in [0.2, 0.25) is 11.1 Å². The summed E-state index contributed by atoms with van der Waals surface area (Å²) in [5.74, 6) is 0.788. The van der Waals surface area contributed by atoms with E-state index in [0.717, 1.165) is 36.8 Å². The van der Waals surface area contributed by atoms with Gasteiger partial charge in [0.1, 0.15) is 5.82 Å². The van der Waals surface area contributed by atoms with Gasteiger partial charge in [-0.15, -0.1) is 5.10 Å². The van der Waals surface area contributed by atoms with Crippen molar-refractivity contribution in [3.8, 4) is 11.4 Å². The molecule has 1 amide bonds. The number of carbonyl (C=O) groups is 1. The molecule has 5 nitrogen and oxygen atoms in total. The Kier molecular flexibility index (Phi) is 6.79. The zero-order chi connectivity index (χ0) is 20.8. The molecular formula is C23H25FN4OS. The lowest BCUT2D eigenvalue weighted by atomic mass is 9.94. The van der Waals surface area contributed by atoms with Crippen molar-refractivity contribution in [1.82, 2.24) is 20.1 Å². The number of aromatic nitrogens is 3. The molecule has 0 aliphatic heterocycles. The molecule has 30 heavy (non-hydrogen) atoms. The van der Waals surface area contributed by atoms with Crippen LogP contribution < -0.4 is 0 Å². The van der Waals surface area contributed by atoms with Crippen molar-refractivity contribution in [1.29, 1.82) is 0 Å². The summed E-state index contributed by atoms with van der Waals surface area (Å²) >= 11 is 1.34. The predicted molar refractivity (Wildman–Crippen MR) is 116 cm³/mol. The number of rotatable bonds is 7. The van der Waals surface area contributed by atoms with Gasteiger partial charge in [0.15, 0.2) is 5.82 Å². The first-order valence-electron chi connectivity index (χ1n) is 10.3. The highest BCUT2D eigenvalue weighted by atomic mass is 32.2. The minimum Gasteiger partial charge on any atom is -0.335 e. The second-order valence-electron chi connectivity index (χ2n) is 7.56. The van der Waals surface area contributed by atoms with E-state index in [2.05, 4.69) is 15.2 Å². The smallest absolute Gasteiger partial charge is 0.233 e. The minimum absolute atomic E-state index is 0.0716. The van der Waals surface area contributed by atoms with E-state index in [1.807, 2.05) is 35.2 Å². The molecule has 0 radical (unpaired) electrons. The van der Waals surface area contributed by atoms with Crippen molar-refractivity contribution in [2.24, 2.45) is 0 Å². The van der Waals surface area contributed by atoms with Gasteiger partial charge in [-0.2, -0.15) is 0 Å². The van der Waals surface area contributed by atoms with Crippen LogP contribution in [0.15, 0.2) is 59.8 Å². The zero-order valence-corrected chi connectivity index (χ0v) is 17.6. The van der Waals surface area contributed by atoms with Gasteiger partial charge in [0, 0.05) is 18.2 Å². The third-order valence-electron chi connectivity index (χ3n) is 5.44. The van der Waals surface area contributed by atoms with Gasteiger partial charge in [0.25, 0.3) is 0 Å². The first-order chi connectivity index (χ1) is 14.7. The monoisotopic (exact) mass is 424 g/mol. The van der Waals surface area contributed by atoms with Gasteiger partial charge in [-0.05, 0) is 30.5 Å². The number of nitrogens with one attached hydrogen (secondary N) is 1. The van der Waals surface area contributed by atoms with Gasteiger partial charge >= 0.3 is 0 Å². The molecule has 1 N–H and O–H groups in total. The topological polar surface area (TPSA) is 61.9 Å². The number of hydrogen-bond donors (Lipinski definition) is 1. The Labute approximate surface area is 180 Å². The van der Waals surface area contributed by atoms with Crippen LogP contribution in [0.2, 0.25) is 0 Å². The van der Waals surface area contributed by atoms with Crippen molar-refractivity contribution in [2.75, 3.05) is 5.75 Å². The van der Waals surface area contributed by atoms with Crippen LogP contribution in [-0.2, 0) is 11.3 Å². The van der Waals surface area contributed by atoms with E-state index in [0.29, 0.717) is 17.5 Å². The summed E-state index contributed by atoms with van der Waals surface area (Å²) in [7, 11) is 0. The Morgan fingerprint density at radius 3 is 2.53 bits per heavy atom. The quantitative estimate of drug-likeness (QED) is 0.538. The number of H-pyrrole nitrogens is 1. The molecule has 1 aromatic heterocycles. The molecule has 7 heteroatoms. The van der Waals surface area contributed by atoms with E-state index in [4.69, 9.17) is 0 Å². The van der Waals surface area contributed by atoms with E-state index in [1.165, 1.54) is 30.3 Å². The standard InChI is InChI=1S/C23H25FN4OS/c24-19-13-11-17(12-14-19)15-28(20-9-5-2-6-10-20)21(29)16-30-23-25-22(26-27-23)18-7-3-1-4-8-18/h1,3-4,7-8,11-14,20H,2,5-6,9-10,15-16H2,(H,25,26,27). The summed E-state index contributed by atoms with van der Waals surface area (Å²) in [6.45, 7) is 0.508. The highest BCUT2D eigenvalue weighted by Gasteiger charge is 2.26. The lowest BCUT2D eigenvalue weighted by Gasteiger charge is -2.34. The van der Waals surface area contributed by atoms with Crippen molar-refractivity contribution in [2.45, 2.75) is 49.8 Å². The van der Waals surface area contributed by atoms with Gasteiger partial charge in [-0.1, -0.05) is 73.5 Å². The number of nitrogens with zero attached hydrogens (tertiary/aromatic N) is 3. The molecule has 1 saturated carbocycles. The van der Waals surface area contributed by atoms with E-state index in [1.54, 1.807) is 12.1 Å². The number of halogens is 1. The molecule has 1 heterocycles. The number of carbonyl (C=O) groups excluding carboxylic acids is 1. The van der Waals surface area contributed by atoms with Gasteiger partial charge in [0.05, 0.1) is 5.75 Å². The van der Waals surface area contributed by atoms with Crippen molar-refractivity contribution >= 4 is 17.7 Å². The average Bonchev–Trinajstić information content (AvgIpc) is 3.27. The fourth-order valence-electron chi connectivity index (χ4n) is 3.85. The zero-order valence-electron chi connectivity index (χ0n) is 16.8. The summed E-state index contributed by atoms with van der Waals surface area (Å²) in [5, 5.41) is 7.75. The number of thioether (sulfide) groups is 1. The van der Waals surface area contributed by atoms with E-state index >= 15 is 0 Å². The third kappa shape index (κ3) is 5.27. The van der Waals surface area contributed by atoms with E-state index in [-0.39, 0.29) is 23.5 Å². The lowest BCUT2D eigenvalue weighted by molar-refractivity contribution is -0.132. The maximum Gasteiger partial charge on any atom is 0.233 e. The van der Waals surface area contributed by atoms with Gasteiger partial charge < -0.3 is 4.90 Å². The molecular weight excluding hydrogens is 399 g/mol. The lowest BCUT2D eigenvalue weighted by Crippen LogP contribution is -2.41. The SMILES string of the molecule is O=C(CSc1n[nH]c(-c2ccccc2)n1)N(Cc1ccc(F)cc1)C1CCCCC1. The summed E-state index contributed by atoms with van der Waals surface area (Å²) in [5.41, 5.74) is 1.91. The van der Waals surface area contributed by atoms with Crippen molar-refractivity contribution in [3.63, 3.8) is 0 Å². The number of hydrogen-bond acceptors (Lipinski definition) is 4. The van der Waals surface area contributed by atoms with Crippen LogP contribution in [0.1, 0.15) is 37.7 Å². The van der Waals surface area contributed by atoms with Crippen LogP contribution >= 0.6 is 11.8 Å². The molecule has 1 aliphatic rings. The third-order valence-corrected chi connectivity index (χ3v) is 6.27. The predicted octanol–water partition coefficient (Wildman–Crippen LogP) is 5.06. The van der Waals surface area contributed by atoms with E-state index in [9.17, 15) is 9.18 Å². The minimum atomic E-state index is -0.260. The first-order valence-corrected chi connectivity index (χ1v) is 11.3. The van der Waals surface area contributed by atoms with Crippen LogP contribution in [-0.4, -0.2) is 37.8 Å². The van der Waals surface area contributed by atoms with Crippen LogP contribution in [0.4, 0.5) is 4.39 Å². The highest BCUT2D eigenvalue weighted by molar-refractivity contribution is 7.99. The molecule has 1 fully saturated rings. The number of benzene rings is 2. The van der Waals surface area contributed by atoms with E-state index < -0.39 is 0 Å². The molecule has 2 aromatic carbocycles. The second-order valence-corrected chi connectivity index (χ2v) is 8.50. The van der Waals surface area contributed by atoms with Crippen LogP contribution in [0.3, 0.4) is 0 Å². The maximum atomic E-state index is 13.3. The van der Waals surface area contributed by atoms with Gasteiger partial charge in [-0.25, -0.2) is 9.37 Å². The average molecular weight is 425 g/mol. The fraction of sp³-hybridized carbons (Fsp3) is 0.348. The van der Waals surface area contributed by atoms with Crippen molar-refractivity contribution < 1.29 is 9.18 Å². The molecule has 0 spiro atoms. The molecule has 0 atom stereocenters. The normalized spacial score (nSPS) is 14.6. The molecule has 0 saturated heterocycles. The molecule has 0 bridgehead atoms. The van der Waals surface area contributed by atoms with Crippen LogP contribution in [0.5, 0.6) is 0 Å². The Morgan fingerprint density at radius 1 is 1.07 bits per heavy atom. The highest BCUT2D eigenvalue weighted by Crippen LogP contribution is 2.26. The molecule has 4 rings (SSSR count). The van der Waals surface area contributed by atoms with Crippen LogP contribution in [0.25, 0.3) is 11.4 Å². The summed E-state index contributed by atoms with van der Waals surface area (Å²) < 4.78 is 13.3.